The summed E-state index contributed by atoms with van der Waals surface area (Å²) in [6, 6.07) is 19.8. The van der Waals surface area contributed by atoms with Gasteiger partial charge in [0.05, 0.1) is 30.8 Å². The molecule has 2 aliphatic heterocycles. The predicted octanol–water partition coefficient (Wildman–Crippen LogP) is 3.00. The molecule has 0 bridgehead atoms. The van der Waals surface area contributed by atoms with E-state index in [1.165, 1.54) is 10.8 Å². The fraction of sp³-hybridized carbons (Fsp3) is 0.321. The minimum absolute atomic E-state index is 0.00956. The summed E-state index contributed by atoms with van der Waals surface area (Å²) in [5.41, 5.74) is 2.84. The number of nitrogens with zero attached hydrogens (tertiary/aromatic N) is 2. The van der Waals surface area contributed by atoms with Gasteiger partial charge < -0.3 is 34.1 Å². The van der Waals surface area contributed by atoms with E-state index in [-0.39, 0.29) is 6.04 Å². The van der Waals surface area contributed by atoms with E-state index in [2.05, 4.69) is 46.8 Å². The van der Waals surface area contributed by atoms with Gasteiger partial charge in [0.2, 0.25) is 12.2 Å². The standard InChI is InChI=1S/C28H28N2O6/c1-15(17-8-7-16-5-3-4-6-18(16)11-17)30-13-21(20-10-9-19(34-2)12-22(20)30)27-29-24-26(33)25(32)23(14-31)35-28(24)36-27/h3-13,15,23-26,28,31-33H,14H2,1-2H3/t15?,23?,24-,25-,26?,28-/m1/s1. The molecule has 36 heavy (non-hydrogen) atoms. The lowest BCUT2D eigenvalue weighted by Gasteiger charge is -2.36. The lowest BCUT2D eigenvalue weighted by molar-refractivity contribution is -0.234. The van der Waals surface area contributed by atoms with Crippen LogP contribution in [0.5, 0.6) is 5.75 Å². The zero-order valence-corrected chi connectivity index (χ0v) is 20.0. The molecule has 3 aromatic carbocycles. The number of aliphatic hydroxyl groups is 3. The first-order valence-electron chi connectivity index (χ1n) is 12.0. The van der Waals surface area contributed by atoms with E-state index in [1.54, 1.807) is 7.11 Å². The molecular formula is C28H28N2O6. The maximum atomic E-state index is 10.6. The maximum absolute atomic E-state index is 10.6. The Kier molecular flexibility index (Phi) is 5.69. The van der Waals surface area contributed by atoms with Crippen molar-refractivity contribution in [2.45, 2.75) is 43.6 Å². The van der Waals surface area contributed by atoms with Gasteiger partial charge in [-0.2, -0.15) is 0 Å². The summed E-state index contributed by atoms with van der Waals surface area (Å²) < 4.78 is 19.4. The first-order chi connectivity index (χ1) is 17.5. The number of aliphatic hydroxyl groups excluding tert-OH is 3. The Morgan fingerprint density at radius 1 is 1.03 bits per heavy atom. The number of fused-ring (bicyclic) bond motifs is 3. The third-order valence-electron chi connectivity index (χ3n) is 7.29. The van der Waals surface area contributed by atoms with Crippen LogP contribution in [0.3, 0.4) is 0 Å². The largest absolute Gasteiger partial charge is 0.497 e. The minimum Gasteiger partial charge on any atom is -0.497 e. The van der Waals surface area contributed by atoms with Gasteiger partial charge in [-0.1, -0.05) is 36.4 Å². The van der Waals surface area contributed by atoms with Crippen LogP contribution in [0.2, 0.25) is 0 Å². The highest BCUT2D eigenvalue weighted by Gasteiger charge is 2.49. The average molecular weight is 489 g/mol. The number of hydrogen-bond acceptors (Lipinski definition) is 7. The molecule has 0 spiro atoms. The van der Waals surface area contributed by atoms with E-state index in [4.69, 9.17) is 14.2 Å². The normalized spacial score (nSPS) is 26.5. The molecule has 0 amide bonds. The van der Waals surface area contributed by atoms with Crippen molar-refractivity contribution in [2.75, 3.05) is 13.7 Å². The fourth-order valence-corrected chi connectivity index (χ4v) is 5.19. The molecule has 3 unspecified atom stereocenters. The van der Waals surface area contributed by atoms with Gasteiger partial charge in [0.25, 0.3) is 0 Å². The summed E-state index contributed by atoms with van der Waals surface area (Å²) in [7, 11) is 1.64. The molecule has 1 fully saturated rings. The Hall–Kier alpha value is -3.43. The quantitative estimate of drug-likeness (QED) is 0.399. The van der Waals surface area contributed by atoms with Crippen LogP contribution in [-0.4, -0.2) is 70.1 Å². The van der Waals surface area contributed by atoms with Gasteiger partial charge in [-0.3, -0.25) is 0 Å². The van der Waals surface area contributed by atoms with Gasteiger partial charge in [-0.15, -0.1) is 0 Å². The zero-order valence-electron chi connectivity index (χ0n) is 20.0. The van der Waals surface area contributed by atoms with Crippen molar-refractivity contribution in [3.63, 3.8) is 0 Å². The SMILES string of the molecule is COc1ccc2c(C3=N[C@@H]4C(O)[C@H](O)C(CO)O[C@@H]4O3)cn(C(C)c3ccc4ccccc4c3)c2c1. The number of rotatable bonds is 5. The van der Waals surface area contributed by atoms with Gasteiger partial charge in [-0.05, 0) is 41.5 Å². The van der Waals surface area contributed by atoms with E-state index >= 15 is 0 Å². The smallest absolute Gasteiger partial charge is 0.227 e. The van der Waals surface area contributed by atoms with Gasteiger partial charge in [0.1, 0.15) is 30.1 Å². The van der Waals surface area contributed by atoms with Crippen molar-refractivity contribution in [1.82, 2.24) is 4.57 Å². The molecule has 8 heteroatoms. The molecule has 2 aliphatic rings. The number of ether oxygens (including phenoxy) is 3. The Bertz CT molecular complexity index is 1460. The third-order valence-corrected chi connectivity index (χ3v) is 7.29. The highest BCUT2D eigenvalue weighted by atomic mass is 16.7. The molecular weight excluding hydrogens is 460 g/mol. The summed E-state index contributed by atoms with van der Waals surface area (Å²) in [5, 5.41) is 33.6. The zero-order chi connectivity index (χ0) is 25.0. The van der Waals surface area contributed by atoms with E-state index in [9.17, 15) is 15.3 Å². The van der Waals surface area contributed by atoms with Gasteiger partial charge in [-0.25, -0.2) is 4.99 Å². The second-order valence-corrected chi connectivity index (χ2v) is 9.37. The van der Waals surface area contributed by atoms with Crippen LogP contribution in [0, 0.1) is 0 Å². The summed E-state index contributed by atoms with van der Waals surface area (Å²) >= 11 is 0. The second kappa shape index (κ2) is 8.90. The van der Waals surface area contributed by atoms with Gasteiger partial charge >= 0.3 is 0 Å². The molecule has 0 aliphatic carbocycles. The highest BCUT2D eigenvalue weighted by Crippen LogP contribution is 2.36. The van der Waals surface area contributed by atoms with E-state index in [1.807, 2.05) is 36.5 Å². The summed E-state index contributed by atoms with van der Waals surface area (Å²) in [6.45, 7) is 1.71. The molecule has 1 aromatic heterocycles. The molecule has 4 aromatic rings. The van der Waals surface area contributed by atoms with Gasteiger partial charge in [0.15, 0.2) is 0 Å². The Labute approximate surface area is 208 Å². The average Bonchev–Trinajstić information content (AvgIpc) is 3.51. The molecule has 3 heterocycles. The van der Waals surface area contributed by atoms with Crippen molar-refractivity contribution >= 4 is 27.6 Å². The molecule has 3 N–H and O–H groups in total. The summed E-state index contributed by atoms with van der Waals surface area (Å²) in [6.07, 6.45) is -2.28. The monoisotopic (exact) mass is 488 g/mol. The second-order valence-electron chi connectivity index (χ2n) is 9.37. The Morgan fingerprint density at radius 2 is 1.83 bits per heavy atom. The highest BCUT2D eigenvalue weighted by molar-refractivity contribution is 6.08. The first-order valence-corrected chi connectivity index (χ1v) is 12.0. The molecule has 0 radical (unpaired) electrons. The van der Waals surface area contributed by atoms with Crippen molar-refractivity contribution in [3.05, 3.63) is 78.0 Å². The van der Waals surface area contributed by atoms with E-state index in [0.29, 0.717) is 5.90 Å². The van der Waals surface area contributed by atoms with Crippen LogP contribution in [0.4, 0.5) is 0 Å². The van der Waals surface area contributed by atoms with Crippen LogP contribution >= 0.6 is 0 Å². The summed E-state index contributed by atoms with van der Waals surface area (Å²) in [5.74, 6) is 1.06. The maximum Gasteiger partial charge on any atom is 0.227 e. The van der Waals surface area contributed by atoms with Crippen LogP contribution < -0.4 is 4.74 Å². The topological polar surface area (TPSA) is 106 Å². The lowest BCUT2D eigenvalue weighted by Crippen LogP contribution is -2.56. The minimum atomic E-state index is -1.25. The Morgan fingerprint density at radius 3 is 2.61 bits per heavy atom. The van der Waals surface area contributed by atoms with E-state index < -0.39 is 37.3 Å². The third kappa shape index (κ3) is 3.65. The molecule has 6 atom stereocenters. The predicted molar refractivity (Wildman–Crippen MR) is 135 cm³/mol. The molecule has 1 saturated heterocycles. The lowest BCUT2D eigenvalue weighted by atomic mass is 9.98. The number of hydrogen-bond donors (Lipinski definition) is 3. The van der Waals surface area contributed by atoms with E-state index in [0.717, 1.165) is 27.8 Å². The first kappa shape index (κ1) is 23.0. The van der Waals surface area contributed by atoms with Crippen LogP contribution in [0.25, 0.3) is 21.7 Å². The summed E-state index contributed by atoms with van der Waals surface area (Å²) in [4.78, 5) is 4.59. The van der Waals surface area contributed by atoms with Crippen molar-refractivity contribution in [3.8, 4) is 5.75 Å². The van der Waals surface area contributed by atoms with Crippen LogP contribution in [-0.2, 0) is 9.47 Å². The number of aromatic nitrogens is 1. The molecule has 186 valence electrons. The number of methoxy groups -OCH3 is 1. The number of aliphatic imine (C=N–C) groups is 1. The van der Waals surface area contributed by atoms with Crippen molar-refractivity contribution in [1.29, 1.82) is 0 Å². The van der Waals surface area contributed by atoms with Crippen LogP contribution in [0.15, 0.2) is 71.9 Å². The molecule has 6 rings (SSSR count). The van der Waals surface area contributed by atoms with Gasteiger partial charge in [0, 0.05) is 17.6 Å². The fourth-order valence-electron chi connectivity index (χ4n) is 5.19. The number of benzene rings is 3. The van der Waals surface area contributed by atoms with Crippen molar-refractivity contribution < 1.29 is 29.5 Å². The van der Waals surface area contributed by atoms with Crippen LogP contribution in [0.1, 0.15) is 24.1 Å². The molecule has 8 nitrogen and oxygen atoms in total. The molecule has 0 saturated carbocycles. The Balaban J connectivity index is 1.43. The van der Waals surface area contributed by atoms with Crippen molar-refractivity contribution in [2.24, 2.45) is 4.99 Å².